The summed E-state index contributed by atoms with van der Waals surface area (Å²) in [6, 6.07) is 13.7. The minimum Gasteiger partial charge on any atom is -0.359 e. The van der Waals surface area contributed by atoms with Crippen LogP contribution in [0.5, 0.6) is 0 Å². The second-order valence-corrected chi connectivity index (χ2v) is 6.62. The predicted molar refractivity (Wildman–Crippen MR) is 100 cm³/mol. The number of hydrogen-bond donors (Lipinski definition) is 2. The van der Waals surface area contributed by atoms with Crippen LogP contribution in [0.15, 0.2) is 42.5 Å². The average molecular weight is 339 g/mol. The summed E-state index contributed by atoms with van der Waals surface area (Å²) in [6.07, 6.45) is 1.59. The maximum absolute atomic E-state index is 12.7. The number of nitrogens with one attached hydrogen (secondary N) is 2. The van der Waals surface area contributed by atoms with Crippen molar-refractivity contribution < 1.29 is 9.59 Å². The van der Waals surface area contributed by atoms with Gasteiger partial charge in [0, 0.05) is 24.0 Å². The first kappa shape index (κ1) is 17.4. The molecule has 2 amide bonds. The maximum Gasteiger partial charge on any atom is 0.241 e. The molecule has 132 valence electrons. The third kappa shape index (κ3) is 3.82. The van der Waals surface area contributed by atoms with Crippen LogP contribution in [0.25, 0.3) is 10.8 Å². The van der Waals surface area contributed by atoms with Gasteiger partial charge >= 0.3 is 0 Å². The molecule has 0 unspecified atom stereocenters. The van der Waals surface area contributed by atoms with Crippen LogP contribution in [0.1, 0.15) is 19.8 Å². The smallest absolute Gasteiger partial charge is 0.241 e. The van der Waals surface area contributed by atoms with Gasteiger partial charge in [0.15, 0.2) is 0 Å². The molecule has 2 aromatic rings. The summed E-state index contributed by atoms with van der Waals surface area (Å²) in [7, 11) is 1.68. The van der Waals surface area contributed by atoms with Gasteiger partial charge in [0.2, 0.25) is 11.8 Å². The second kappa shape index (κ2) is 7.66. The van der Waals surface area contributed by atoms with Gasteiger partial charge < -0.3 is 10.6 Å². The molecule has 1 fully saturated rings. The molecule has 0 aliphatic carbocycles. The zero-order valence-electron chi connectivity index (χ0n) is 14.8. The van der Waals surface area contributed by atoms with Gasteiger partial charge in [-0.05, 0) is 44.3 Å². The summed E-state index contributed by atoms with van der Waals surface area (Å²) in [5.41, 5.74) is 0.843. The van der Waals surface area contributed by atoms with E-state index < -0.39 is 0 Å². The van der Waals surface area contributed by atoms with E-state index in [9.17, 15) is 9.59 Å². The van der Waals surface area contributed by atoms with E-state index in [2.05, 4.69) is 15.5 Å². The van der Waals surface area contributed by atoms with Crippen LogP contribution in [0.2, 0.25) is 0 Å². The van der Waals surface area contributed by atoms with Crippen molar-refractivity contribution in [1.29, 1.82) is 0 Å². The number of piperidine rings is 1. The number of rotatable bonds is 4. The fourth-order valence-electron chi connectivity index (χ4n) is 3.49. The molecule has 1 heterocycles. The molecular weight excluding hydrogens is 314 g/mol. The van der Waals surface area contributed by atoms with Gasteiger partial charge in [-0.15, -0.1) is 0 Å². The van der Waals surface area contributed by atoms with Gasteiger partial charge in [-0.2, -0.15) is 0 Å². The molecule has 1 aliphatic rings. The van der Waals surface area contributed by atoms with E-state index in [1.807, 2.05) is 49.4 Å². The molecule has 0 saturated carbocycles. The highest BCUT2D eigenvalue weighted by atomic mass is 16.2. The van der Waals surface area contributed by atoms with Crippen LogP contribution < -0.4 is 10.6 Å². The molecular formula is C20H25N3O2. The lowest BCUT2D eigenvalue weighted by Gasteiger charge is -2.34. The Bertz CT molecular complexity index is 761. The second-order valence-electron chi connectivity index (χ2n) is 6.62. The Labute approximate surface area is 148 Å². The summed E-state index contributed by atoms with van der Waals surface area (Å²) in [4.78, 5) is 26.6. The largest absolute Gasteiger partial charge is 0.359 e. The van der Waals surface area contributed by atoms with Crippen LogP contribution in [-0.4, -0.2) is 42.9 Å². The first-order chi connectivity index (χ1) is 12.1. The quantitative estimate of drug-likeness (QED) is 0.900. The van der Waals surface area contributed by atoms with Crippen molar-refractivity contribution in [1.82, 2.24) is 10.2 Å². The van der Waals surface area contributed by atoms with Gasteiger partial charge in [0.05, 0.1) is 6.04 Å². The lowest BCUT2D eigenvalue weighted by molar-refractivity contribution is -0.126. The predicted octanol–water partition coefficient (Wildman–Crippen LogP) is 2.62. The molecule has 3 rings (SSSR count). The van der Waals surface area contributed by atoms with Crippen LogP contribution in [-0.2, 0) is 9.59 Å². The van der Waals surface area contributed by atoms with Crippen molar-refractivity contribution in [3.8, 4) is 0 Å². The first-order valence-electron chi connectivity index (χ1n) is 8.84. The van der Waals surface area contributed by atoms with E-state index in [1.165, 1.54) is 0 Å². The normalized spacial score (nSPS) is 17.2. The van der Waals surface area contributed by atoms with Gasteiger partial charge in [-0.25, -0.2) is 0 Å². The molecule has 0 bridgehead atoms. The molecule has 1 aliphatic heterocycles. The molecule has 1 saturated heterocycles. The maximum atomic E-state index is 12.7. The molecule has 0 spiro atoms. The summed E-state index contributed by atoms with van der Waals surface area (Å²) in [6.45, 7) is 3.46. The van der Waals surface area contributed by atoms with Crippen molar-refractivity contribution in [2.24, 2.45) is 5.92 Å². The van der Waals surface area contributed by atoms with Crippen LogP contribution in [0, 0.1) is 5.92 Å². The topological polar surface area (TPSA) is 61.4 Å². The van der Waals surface area contributed by atoms with Crippen molar-refractivity contribution in [3.05, 3.63) is 42.5 Å². The summed E-state index contributed by atoms with van der Waals surface area (Å²) in [5.74, 6) is 0.164. The monoisotopic (exact) mass is 339 g/mol. The average Bonchev–Trinajstić information content (AvgIpc) is 2.67. The van der Waals surface area contributed by atoms with Crippen LogP contribution in [0.3, 0.4) is 0 Å². The van der Waals surface area contributed by atoms with Gasteiger partial charge in [-0.3, -0.25) is 14.5 Å². The summed E-state index contributed by atoms with van der Waals surface area (Å²) >= 11 is 0. The van der Waals surface area contributed by atoms with Crippen molar-refractivity contribution in [2.75, 3.05) is 25.5 Å². The van der Waals surface area contributed by atoms with Crippen LogP contribution >= 0.6 is 0 Å². The van der Waals surface area contributed by atoms with Crippen molar-refractivity contribution >= 4 is 28.3 Å². The van der Waals surface area contributed by atoms with E-state index in [0.29, 0.717) is 0 Å². The Morgan fingerprint density at radius 2 is 1.76 bits per heavy atom. The number of amides is 2. The highest BCUT2D eigenvalue weighted by molar-refractivity contribution is 6.03. The highest BCUT2D eigenvalue weighted by Gasteiger charge is 2.29. The summed E-state index contributed by atoms with van der Waals surface area (Å²) < 4.78 is 0. The molecule has 0 radical (unpaired) electrons. The van der Waals surface area contributed by atoms with Crippen molar-refractivity contribution in [3.63, 3.8) is 0 Å². The van der Waals surface area contributed by atoms with Gasteiger partial charge in [-0.1, -0.05) is 36.4 Å². The zero-order chi connectivity index (χ0) is 17.8. The van der Waals surface area contributed by atoms with E-state index in [0.717, 1.165) is 42.4 Å². The molecule has 25 heavy (non-hydrogen) atoms. The molecule has 0 aromatic heterocycles. The van der Waals surface area contributed by atoms with E-state index in [4.69, 9.17) is 0 Å². The number of likely N-dealkylation sites (tertiary alicyclic amines) is 1. The standard InChI is InChI=1S/C20H25N3O2/c1-14(23-12-10-16(11-13-23)20(25)21-2)19(24)22-18-9-5-7-15-6-3-4-8-17(15)18/h3-9,14,16H,10-13H2,1-2H3,(H,21,25)(H,22,24)/t14-/m0/s1. The minimum absolute atomic E-state index is 0.00486. The molecule has 5 heteroatoms. The number of fused-ring (bicyclic) bond motifs is 1. The lowest BCUT2D eigenvalue weighted by atomic mass is 9.95. The number of nitrogens with zero attached hydrogens (tertiary/aromatic N) is 1. The molecule has 2 N–H and O–H groups in total. The number of anilines is 1. The fourth-order valence-corrected chi connectivity index (χ4v) is 3.49. The molecule has 5 nitrogen and oxygen atoms in total. The zero-order valence-corrected chi connectivity index (χ0v) is 14.8. The molecule has 1 atom stereocenters. The van der Waals surface area contributed by atoms with E-state index >= 15 is 0 Å². The van der Waals surface area contributed by atoms with Gasteiger partial charge in [0.1, 0.15) is 0 Å². The lowest BCUT2D eigenvalue weighted by Crippen LogP contribution is -2.47. The Morgan fingerprint density at radius 1 is 1.08 bits per heavy atom. The minimum atomic E-state index is -0.218. The highest BCUT2D eigenvalue weighted by Crippen LogP contribution is 2.24. The third-order valence-electron chi connectivity index (χ3n) is 5.12. The van der Waals surface area contributed by atoms with E-state index in [1.54, 1.807) is 7.05 Å². The first-order valence-corrected chi connectivity index (χ1v) is 8.84. The fraction of sp³-hybridized carbons (Fsp3) is 0.400. The number of hydrogen-bond acceptors (Lipinski definition) is 3. The third-order valence-corrected chi connectivity index (χ3v) is 5.12. The van der Waals surface area contributed by atoms with E-state index in [-0.39, 0.29) is 23.8 Å². The van der Waals surface area contributed by atoms with Crippen molar-refractivity contribution in [2.45, 2.75) is 25.8 Å². The molecule has 2 aromatic carbocycles. The summed E-state index contributed by atoms with van der Waals surface area (Å²) in [5, 5.41) is 7.94. The Balaban J connectivity index is 1.64. The Morgan fingerprint density at radius 3 is 2.48 bits per heavy atom. The van der Waals surface area contributed by atoms with Gasteiger partial charge in [0.25, 0.3) is 0 Å². The van der Waals surface area contributed by atoms with Crippen LogP contribution in [0.4, 0.5) is 5.69 Å². The number of carbonyl (C=O) groups is 2. The Kier molecular flexibility index (Phi) is 5.34. The SMILES string of the molecule is CNC(=O)C1CCN([C@@H](C)C(=O)Nc2cccc3ccccc23)CC1. The number of benzene rings is 2. The number of carbonyl (C=O) groups excluding carboxylic acids is 2. The Hall–Kier alpha value is -2.40.